The average molecular weight is 299 g/mol. The van der Waals surface area contributed by atoms with Crippen molar-refractivity contribution in [2.45, 2.75) is 32.2 Å². The normalized spacial score (nSPS) is 21.3. The third-order valence-electron chi connectivity index (χ3n) is 4.45. The van der Waals surface area contributed by atoms with E-state index in [1.165, 1.54) is 30.4 Å². The van der Waals surface area contributed by atoms with E-state index in [0.717, 1.165) is 32.1 Å². The van der Waals surface area contributed by atoms with Gasteiger partial charge in [0.05, 0.1) is 0 Å². The predicted octanol–water partition coefficient (Wildman–Crippen LogP) is 3.30. The Balaban J connectivity index is 0.00000147. The minimum absolute atomic E-state index is 0. The molecule has 0 unspecified atom stereocenters. The lowest BCUT2D eigenvalue weighted by Crippen LogP contribution is -2.45. The second kappa shape index (κ2) is 6.88. The fourth-order valence-electron chi connectivity index (χ4n) is 3.11. The lowest BCUT2D eigenvalue weighted by molar-refractivity contribution is 0.160. The van der Waals surface area contributed by atoms with Crippen LogP contribution in [0.25, 0.3) is 0 Å². The summed E-state index contributed by atoms with van der Waals surface area (Å²) < 4.78 is 13.6. The van der Waals surface area contributed by atoms with Crippen molar-refractivity contribution in [3.63, 3.8) is 0 Å². The Kier molecular flexibility index (Phi) is 5.42. The molecule has 4 heteroatoms. The zero-order valence-electron chi connectivity index (χ0n) is 12.1. The fourth-order valence-corrected chi connectivity index (χ4v) is 3.11. The summed E-state index contributed by atoms with van der Waals surface area (Å²) in [6.07, 6.45) is 3.91. The van der Waals surface area contributed by atoms with Crippen LogP contribution in [0.3, 0.4) is 0 Å². The monoisotopic (exact) mass is 298 g/mol. The van der Waals surface area contributed by atoms with E-state index in [4.69, 9.17) is 0 Å². The van der Waals surface area contributed by atoms with Gasteiger partial charge >= 0.3 is 0 Å². The van der Waals surface area contributed by atoms with E-state index in [-0.39, 0.29) is 18.2 Å². The van der Waals surface area contributed by atoms with Crippen molar-refractivity contribution >= 4 is 12.4 Å². The van der Waals surface area contributed by atoms with Gasteiger partial charge in [0.15, 0.2) is 0 Å². The van der Waals surface area contributed by atoms with Gasteiger partial charge in [-0.2, -0.15) is 0 Å². The van der Waals surface area contributed by atoms with Gasteiger partial charge < -0.3 is 5.32 Å². The first-order valence-electron chi connectivity index (χ1n) is 7.45. The highest BCUT2D eigenvalue weighted by Crippen LogP contribution is 2.41. The third kappa shape index (κ3) is 3.72. The quantitative estimate of drug-likeness (QED) is 0.917. The minimum atomic E-state index is -0.100. The van der Waals surface area contributed by atoms with Crippen molar-refractivity contribution < 1.29 is 4.39 Å². The highest BCUT2D eigenvalue weighted by atomic mass is 35.5. The number of hydrogen-bond donors (Lipinski definition) is 1. The van der Waals surface area contributed by atoms with Gasteiger partial charge in [-0.25, -0.2) is 4.39 Å². The predicted molar refractivity (Wildman–Crippen MR) is 82.9 cm³/mol. The van der Waals surface area contributed by atoms with E-state index in [1.54, 1.807) is 12.1 Å². The van der Waals surface area contributed by atoms with Crippen LogP contribution in [-0.4, -0.2) is 31.1 Å². The number of benzene rings is 1. The summed E-state index contributed by atoms with van der Waals surface area (Å²) in [5.41, 5.74) is 2.43. The smallest absolute Gasteiger partial charge is 0.123 e. The van der Waals surface area contributed by atoms with E-state index < -0.39 is 0 Å². The van der Waals surface area contributed by atoms with Crippen LogP contribution in [-0.2, 0) is 0 Å². The Morgan fingerprint density at radius 1 is 1.30 bits per heavy atom. The summed E-state index contributed by atoms with van der Waals surface area (Å²) in [7, 11) is 0. The van der Waals surface area contributed by atoms with E-state index in [1.807, 2.05) is 6.07 Å². The molecule has 0 amide bonds. The minimum Gasteiger partial charge on any atom is -0.314 e. The number of hydrogen-bond acceptors (Lipinski definition) is 2. The highest BCUT2D eigenvalue weighted by molar-refractivity contribution is 5.85. The zero-order valence-corrected chi connectivity index (χ0v) is 12.9. The van der Waals surface area contributed by atoms with Crippen molar-refractivity contribution in [3.8, 4) is 0 Å². The number of rotatable bonds is 4. The standard InChI is InChI=1S/C16H23FN2.ClH/c1-12-2-5-14(17)11-15(12)16(10-13-3-4-13)19-8-6-18-7-9-19;/h2,5,11,13,16,18H,3-4,6-10H2,1H3;1H/t16-;/m1./s1. The third-order valence-corrected chi connectivity index (χ3v) is 4.45. The number of nitrogens with one attached hydrogen (secondary N) is 1. The molecule has 1 atom stereocenters. The number of nitrogens with zero attached hydrogens (tertiary/aromatic N) is 1. The van der Waals surface area contributed by atoms with Gasteiger partial charge in [-0.15, -0.1) is 12.4 Å². The molecule has 1 saturated heterocycles. The Morgan fingerprint density at radius 3 is 2.65 bits per heavy atom. The average Bonchev–Trinajstić information content (AvgIpc) is 3.24. The molecular weight excluding hydrogens is 275 g/mol. The van der Waals surface area contributed by atoms with Crippen molar-refractivity contribution in [1.29, 1.82) is 0 Å². The first-order chi connectivity index (χ1) is 9.24. The van der Waals surface area contributed by atoms with E-state index in [0.29, 0.717) is 6.04 Å². The molecule has 112 valence electrons. The molecule has 0 bridgehead atoms. The Bertz CT molecular complexity index is 442. The zero-order chi connectivity index (χ0) is 13.2. The van der Waals surface area contributed by atoms with Gasteiger partial charge in [-0.1, -0.05) is 18.9 Å². The molecule has 3 rings (SSSR count). The Morgan fingerprint density at radius 2 is 2.00 bits per heavy atom. The van der Waals surface area contributed by atoms with Crippen LogP contribution < -0.4 is 5.32 Å². The Hall–Kier alpha value is -0.640. The molecule has 1 saturated carbocycles. The topological polar surface area (TPSA) is 15.3 Å². The van der Waals surface area contributed by atoms with Crippen molar-refractivity contribution in [2.24, 2.45) is 5.92 Å². The SMILES string of the molecule is Cc1ccc(F)cc1[C@@H](CC1CC1)N1CCNCC1.Cl. The molecule has 1 aliphatic carbocycles. The number of halogens is 2. The number of aryl methyl sites for hydroxylation is 1. The van der Waals surface area contributed by atoms with Crippen LogP contribution in [0.1, 0.15) is 36.4 Å². The van der Waals surface area contributed by atoms with E-state index in [2.05, 4.69) is 17.1 Å². The maximum Gasteiger partial charge on any atom is 0.123 e. The molecule has 0 spiro atoms. The van der Waals surface area contributed by atoms with Gasteiger partial charge in [0.25, 0.3) is 0 Å². The summed E-state index contributed by atoms with van der Waals surface area (Å²) in [5.74, 6) is 0.763. The first-order valence-corrected chi connectivity index (χ1v) is 7.45. The van der Waals surface area contributed by atoms with Crippen LogP contribution in [0.15, 0.2) is 18.2 Å². The number of piperazine rings is 1. The van der Waals surface area contributed by atoms with Gasteiger partial charge in [-0.05, 0) is 42.5 Å². The maximum atomic E-state index is 13.6. The molecule has 1 heterocycles. The highest BCUT2D eigenvalue weighted by Gasteiger charge is 2.31. The van der Waals surface area contributed by atoms with Crippen LogP contribution in [0.5, 0.6) is 0 Å². The molecule has 1 aliphatic heterocycles. The molecule has 1 N–H and O–H groups in total. The summed E-state index contributed by atoms with van der Waals surface area (Å²) in [4.78, 5) is 2.54. The summed E-state index contributed by atoms with van der Waals surface area (Å²) in [5, 5.41) is 3.40. The van der Waals surface area contributed by atoms with Crippen molar-refractivity contribution in [1.82, 2.24) is 10.2 Å². The molecular formula is C16H24ClFN2. The van der Waals surface area contributed by atoms with E-state index >= 15 is 0 Å². The molecule has 1 aromatic carbocycles. The van der Waals surface area contributed by atoms with Gasteiger partial charge in [-0.3, -0.25) is 4.90 Å². The fraction of sp³-hybridized carbons (Fsp3) is 0.625. The lowest BCUT2D eigenvalue weighted by Gasteiger charge is -2.36. The molecule has 20 heavy (non-hydrogen) atoms. The summed E-state index contributed by atoms with van der Waals surface area (Å²) in [6, 6.07) is 5.66. The summed E-state index contributed by atoms with van der Waals surface area (Å²) in [6.45, 7) is 6.36. The van der Waals surface area contributed by atoms with E-state index in [9.17, 15) is 4.39 Å². The molecule has 2 fully saturated rings. The Labute approximate surface area is 127 Å². The summed E-state index contributed by atoms with van der Waals surface area (Å²) >= 11 is 0. The first kappa shape index (κ1) is 15.7. The second-order valence-corrected chi connectivity index (χ2v) is 5.98. The van der Waals surface area contributed by atoms with Crippen molar-refractivity contribution in [2.75, 3.05) is 26.2 Å². The van der Waals surface area contributed by atoms with Crippen LogP contribution in [0.4, 0.5) is 4.39 Å². The van der Waals surface area contributed by atoms with Gasteiger partial charge in [0, 0.05) is 32.2 Å². The largest absolute Gasteiger partial charge is 0.314 e. The molecule has 0 radical (unpaired) electrons. The van der Waals surface area contributed by atoms with Crippen LogP contribution >= 0.6 is 12.4 Å². The van der Waals surface area contributed by atoms with Crippen LogP contribution in [0.2, 0.25) is 0 Å². The maximum absolute atomic E-state index is 13.6. The molecule has 2 aliphatic rings. The van der Waals surface area contributed by atoms with Crippen molar-refractivity contribution in [3.05, 3.63) is 35.1 Å². The van der Waals surface area contributed by atoms with Gasteiger partial charge in [0.1, 0.15) is 5.82 Å². The molecule has 0 aromatic heterocycles. The van der Waals surface area contributed by atoms with Crippen LogP contribution in [0, 0.1) is 18.7 Å². The van der Waals surface area contributed by atoms with Gasteiger partial charge in [0.2, 0.25) is 0 Å². The lowest BCUT2D eigenvalue weighted by atomic mass is 9.94. The molecule has 2 nitrogen and oxygen atoms in total. The molecule has 1 aromatic rings. The second-order valence-electron chi connectivity index (χ2n) is 5.98.